The summed E-state index contributed by atoms with van der Waals surface area (Å²) in [4.78, 5) is 0. The van der Waals surface area contributed by atoms with Crippen molar-refractivity contribution in [3.63, 3.8) is 0 Å². The Labute approximate surface area is 105 Å². The molecule has 1 aromatic rings. The molecule has 0 aliphatic carbocycles. The minimum Gasteiger partial charge on any atom is -0.403 e. The van der Waals surface area contributed by atoms with E-state index in [4.69, 9.17) is 11.5 Å². The zero-order valence-corrected chi connectivity index (χ0v) is 9.71. The van der Waals surface area contributed by atoms with Gasteiger partial charge in [-0.15, -0.1) is 9.78 Å². The van der Waals surface area contributed by atoms with Gasteiger partial charge in [0, 0.05) is 6.20 Å². The fraction of sp³-hybridized carbons (Fsp3) is 0.444. The Morgan fingerprint density at radius 3 is 2.58 bits per heavy atom. The van der Waals surface area contributed by atoms with Crippen LogP contribution in [0.4, 0.5) is 23.2 Å². The second-order valence-corrected chi connectivity index (χ2v) is 3.71. The standard InChI is InChI=1S/C9H13F4N5O/c10-8-5(15)2-18(17-8)7(3-19)6(1-14)16-4-9(11,12)13/h1-2,7,16,19H,3-4,14-15H2/p+1/b6-1-. The number of aromatic amines is 1. The molecule has 0 radical (unpaired) electrons. The van der Waals surface area contributed by atoms with Crippen LogP contribution in [0.25, 0.3) is 0 Å². The normalized spacial score (nSPS) is 14.5. The molecule has 1 unspecified atom stereocenters. The molecule has 19 heavy (non-hydrogen) atoms. The first-order valence-corrected chi connectivity index (χ1v) is 5.17. The molecule has 7 N–H and O–H groups in total. The van der Waals surface area contributed by atoms with Crippen molar-refractivity contribution in [2.75, 3.05) is 18.9 Å². The molecule has 0 aromatic carbocycles. The number of hydrogen-bond acceptors (Lipinski definition) is 4. The van der Waals surface area contributed by atoms with E-state index >= 15 is 0 Å². The molecule has 0 amide bonds. The van der Waals surface area contributed by atoms with Gasteiger partial charge >= 0.3 is 6.18 Å². The van der Waals surface area contributed by atoms with E-state index in [2.05, 4.69) is 5.10 Å². The summed E-state index contributed by atoms with van der Waals surface area (Å²) in [6.45, 7) is -1.93. The molecule has 1 rings (SSSR count). The van der Waals surface area contributed by atoms with E-state index in [-0.39, 0.29) is 11.4 Å². The number of nitrogens with zero attached hydrogens (tertiary/aromatic N) is 1. The SMILES string of the molecule is N/C=C(\NCC(F)(F)F)C(CO)[n+]1cc(N)c(F)[nH]1. The monoisotopic (exact) mass is 284 g/mol. The molecule has 0 bridgehead atoms. The number of rotatable bonds is 5. The lowest BCUT2D eigenvalue weighted by atomic mass is 10.2. The van der Waals surface area contributed by atoms with Crippen molar-refractivity contribution in [3.05, 3.63) is 24.0 Å². The summed E-state index contributed by atoms with van der Waals surface area (Å²) in [6.07, 6.45) is -2.47. The number of nitrogens with two attached hydrogens (primary N) is 2. The van der Waals surface area contributed by atoms with Gasteiger partial charge in [-0.05, 0) is 0 Å². The zero-order chi connectivity index (χ0) is 14.6. The highest BCUT2D eigenvalue weighted by molar-refractivity contribution is 5.29. The largest absolute Gasteiger partial charge is 0.405 e. The third-order valence-corrected chi connectivity index (χ3v) is 2.30. The van der Waals surface area contributed by atoms with Crippen LogP contribution in [0, 0.1) is 5.95 Å². The number of aromatic nitrogens is 2. The van der Waals surface area contributed by atoms with Crippen molar-refractivity contribution >= 4 is 5.69 Å². The number of aliphatic hydroxyl groups excluding tert-OH is 1. The van der Waals surface area contributed by atoms with Crippen LogP contribution in [0.2, 0.25) is 0 Å². The summed E-state index contributed by atoms with van der Waals surface area (Å²) in [6, 6.07) is -1.03. The van der Waals surface area contributed by atoms with Crippen molar-refractivity contribution < 1.29 is 27.3 Å². The summed E-state index contributed by atoms with van der Waals surface area (Å²) in [7, 11) is 0. The molecule has 1 atom stereocenters. The van der Waals surface area contributed by atoms with Crippen molar-refractivity contribution in [2.45, 2.75) is 12.2 Å². The Morgan fingerprint density at radius 1 is 1.58 bits per heavy atom. The Morgan fingerprint density at radius 2 is 2.21 bits per heavy atom. The van der Waals surface area contributed by atoms with Crippen LogP contribution in [-0.4, -0.2) is 29.5 Å². The van der Waals surface area contributed by atoms with Gasteiger partial charge in [0.1, 0.15) is 18.8 Å². The zero-order valence-electron chi connectivity index (χ0n) is 9.71. The molecule has 1 heterocycles. The second-order valence-electron chi connectivity index (χ2n) is 3.71. The minimum absolute atomic E-state index is 0.119. The van der Waals surface area contributed by atoms with Gasteiger partial charge in [0.2, 0.25) is 12.2 Å². The Kier molecular flexibility index (Phi) is 4.59. The molecule has 0 fully saturated rings. The molecule has 108 valence electrons. The van der Waals surface area contributed by atoms with Crippen molar-refractivity contribution in [1.82, 2.24) is 10.4 Å². The lowest BCUT2D eigenvalue weighted by Crippen LogP contribution is -2.48. The third kappa shape index (κ3) is 4.02. The van der Waals surface area contributed by atoms with Gasteiger partial charge in [0.15, 0.2) is 5.69 Å². The minimum atomic E-state index is -4.45. The average molecular weight is 284 g/mol. The highest BCUT2D eigenvalue weighted by Crippen LogP contribution is 2.15. The number of nitrogen functional groups attached to an aromatic ring is 1. The topological polar surface area (TPSA) is 104 Å². The number of halogens is 4. The molecular formula is C9H14F4N5O+. The number of hydrogen-bond donors (Lipinski definition) is 5. The summed E-state index contributed by atoms with van der Waals surface area (Å²) in [5, 5.41) is 13.4. The Hall–Kier alpha value is -1.97. The van der Waals surface area contributed by atoms with Crippen LogP contribution in [0.1, 0.15) is 6.04 Å². The van der Waals surface area contributed by atoms with E-state index < -0.39 is 31.3 Å². The number of anilines is 1. The summed E-state index contributed by atoms with van der Waals surface area (Å²) in [5.41, 5.74) is 10.1. The molecule has 0 aliphatic heterocycles. The lowest BCUT2D eigenvalue weighted by molar-refractivity contribution is -0.769. The summed E-state index contributed by atoms with van der Waals surface area (Å²) >= 11 is 0. The molecular weight excluding hydrogens is 270 g/mol. The van der Waals surface area contributed by atoms with Crippen LogP contribution >= 0.6 is 0 Å². The van der Waals surface area contributed by atoms with Gasteiger partial charge in [0.25, 0.3) is 5.95 Å². The molecule has 6 nitrogen and oxygen atoms in total. The smallest absolute Gasteiger partial charge is 0.403 e. The number of H-pyrrole nitrogens is 1. The van der Waals surface area contributed by atoms with Crippen molar-refractivity contribution in [2.24, 2.45) is 5.73 Å². The highest BCUT2D eigenvalue weighted by atomic mass is 19.4. The number of alkyl halides is 3. The first-order chi connectivity index (χ1) is 8.78. The Balaban J connectivity index is 2.88. The summed E-state index contributed by atoms with van der Waals surface area (Å²) < 4.78 is 50.4. The fourth-order valence-electron chi connectivity index (χ4n) is 1.41. The maximum atomic E-state index is 13.0. The molecule has 0 aliphatic rings. The van der Waals surface area contributed by atoms with E-state index in [1.165, 1.54) is 0 Å². The quantitative estimate of drug-likeness (QED) is 0.372. The van der Waals surface area contributed by atoms with Gasteiger partial charge in [-0.2, -0.15) is 17.6 Å². The lowest BCUT2D eigenvalue weighted by Gasteiger charge is -2.15. The fourth-order valence-corrected chi connectivity index (χ4v) is 1.41. The molecule has 0 saturated heterocycles. The maximum Gasteiger partial charge on any atom is 0.405 e. The van der Waals surface area contributed by atoms with Crippen molar-refractivity contribution in [3.8, 4) is 0 Å². The molecule has 1 aromatic heterocycles. The van der Waals surface area contributed by atoms with Crippen molar-refractivity contribution in [1.29, 1.82) is 0 Å². The first-order valence-electron chi connectivity index (χ1n) is 5.17. The number of aliphatic hydroxyl groups is 1. The van der Waals surface area contributed by atoms with E-state index in [9.17, 15) is 22.7 Å². The van der Waals surface area contributed by atoms with Crippen LogP contribution in [0.3, 0.4) is 0 Å². The highest BCUT2D eigenvalue weighted by Gasteiger charge is 2.31. The Bertz CT molecular complexity index is 436. The van der Waals surface area contributed by atoms with Crippen LogP contribution < -0.4 is 21.5 Å². The van der Waals surface area contributed by atoms with E-state index in [0.717, 1.165) is 17.1 Å². The molecule has 10 heteroatoms. The van der Waals surface area contributed by atoms with E-state index in [0.29, 0.717) is 0 Å². The van der Waals surface area contributed by atoms with Gasteiger partial charge in [-0.25, -0.2) is 0 Å². The van der Waals surface area contributed by atoms with Gasteiger partial charge < -0.3 is 21.9 Å². The average Bonchev–Trinajstić information content (AvgIpc) is 2.63. The predicted octanol–water partition coefficient (Wildman–Crippen LogP) is -0.491. The maximum absolute atomic E-state index is 13.0. The van der Waals surface area contributed by atoms with Gasteiger partial charge in [-0.3, -0.25) is 0 Å². The van der Waals surface area contributed by atoms with Crippen LogP contribution in [0.5, 0.6) is 0 Å². The molecule has 0 spiro atoms. The van der Waals surface area contributed by atoms with Crippen LogP contribution in [0.15, 0.2) is 18.1 Å². The van der Waals surface area contributed by atoms with Crippen LogP contribution in [-0.2, 0) is 0 Å². The van der Waals surface area contributed by atoms with Gasteiger partial charge in [0.05, 0.1) is 0 Å². The van der Waals surface area contributed by atoms with Gasteiger partial charge in [-0.1, -0.05) is 0 Å². The van der Waals surface area contributed by atoms with E-state index in [1.807, 2.05) is 5.32 Å². The molecule has 0 saturated carbocycles. The first kappa shape index (κ1) is 15.1. The second kappa shape index (κ2) is 5.78. The number of nitrogens with one attached hydrogen (secondary N) is 2. The van der Waals surface area contributed by atoms with E-state index in [1.54, 1.807) is 0 Å². The predicted molar refractivity (Wildman–Crippen MR) is 57.8 cm³/mol. The third-order valence-electron chi connectivity index (χ3n) is 2.30. The summed E-state index contributed by atoms with van der Waals surface area (Å²) in [5.74, 6) is -0.856.